The van der Waals surface area contributed by atoms with E-state index < -0.39 is 0 Å². The van der Waals surface area contributed by atoms with Gasteiger partial charge in [0, 0.05) is 6.54 Å². The van der Waals surface area contributed by atoms with E-state index in [0.29, 0.717) is 6.04 Å². The van der Waals surface area contributed by atoms with E-state index in [1.807, 2.05) is 18.3 Å². The van der Waals surface area contributed by atoms with E-state index in [2.05, 4.69) is 20.3 Å². The number of halogens is 2. The fraction of sp³-hybridized carbons (Fsp3) is 0.467. The lowest BCUT2D eigenvalue weighted by Crippen LogP contribution is -2.35. The van der Waals surface area contributed by atoms with E-state index in [1.54, 1.807) is 0 Å². The predicted octanol–water partition coefficient (Wildman–Crippen LogP) is 3.14. The third-order valence-corrected chi connectivity index (χ3v) is 3.99. The Balaban J connectivity index is 0.00000161. The van der Waals surface area contributed by atoms with Crippen LogP contribution < -0.4 is 0 Å². The number of aromatic nitrogens is 3. The Bertz CT molecular complexity index is 529. The summed E-state index contributed by atoms with van der Waals surface area (Å²) in [7, 11) is 0. The summed E-state index contributed by atoms with van der Waals surface area (Å²) in [6, 6.07) is 7.15. The van der Waals surface area contributed by atoms with Gasteiger partial charge in [-0.05, 0) is 43.5 Å². The number of hydrogen-bond acceptors (Lipinski definition) is 3. The van der Waals surface area contributed by atoms with E-state index in [-0.39, 0.29) is 18.2 Å². The van der Waals surface area contributed by atoms with E-state index in [0.717, 1.165) is 31.6 Å². The summed E-state index contributed by atoms with van der Waals surface area (Å²) < 4.78 is 12.9. The summed E-state index contributed by atoms with van der Waals surface area (Å²) in [5.41, 5.74) is 2.21. The molecule has 2 aromatic rings. The SMILES string of the molecule is Cl.Fc1ccc(CCN2CCCCC2c2cn[nH]n2)cc1. The molecule has 2 heterocycles. The average molecular weight is 311 g/mol. The summed E-state index contributed by atoms with van der Waals surface area (Å²) in [6.45, 7) is 2.07. The summed E-state index contributed by atoms with van der Waals surface area (Å²) in [5.74, 6) is -0.174. The maximum atomic E-state index is 12.9. The van der Waals surface area contributed by atoms with Gasteiger partial charge in [0.05, 0.1) is 17.9 Å². The molecular weight excluding hydrogens is 291 g/mol. The lowest BCUT2D eigenvalue weighted by Gasteiger charge is -2.34. The van der Waals surface area contributed by atoms with Crippen LogP contribution in [-0.4, -0.2) is 33.4 Å². The fourth-order valence-corrected chi connectivity index (χ4v) is 2.89. The molecule has 3 rings (SSSR count). The van der Waals surface area contributed by atoms with Crippen molar-refractivity contribution in [3.8, 4) is 0 Å². The highest BCUT2D eigenvalue weighted by Crippen LogP contribution is 2.29. The zero-order valence-electron chi connectivity index (χ0n) is 11.8. The molecule has 1 aromatic carbocycles. The normalized spacial score (nSPS) is 19.2. The smallest absolute Gasteiger partial charge is 0.123 e. The molecule has 1 aliphatic rings. The van der Waals surface area contributed by atoms with Gasteiger partial charge in [-0.1, -0.05) is 18.6 Å². The van der Waals surface area contributed by atoms with Crippen molar-refractivity contribution in [1.29, 1.82) is 0 Å². The van der Waals surface area contributed by atoms with Gasteiger partial charge >= 0.3 is 0 Å². The quantitative estimate of drug-likeness (QED) is 0.943. The molecule has 0 aliphatic carbocycles. The molecule has 0 spiro atoms. The van der Waals surface area contributed by atoms with Crippen LogP contribution >= 0.6 is 12.4 Å². The molecular formula is C15H20ClFN4. The van der Waals surface area contributed by atoms with E-state index >= 15 is 0 Å². The number of aromatic amines is 1. The molecule has 0 saturated carbocycles. The van der Waals surface area contributed by atoms with Crippen molar-refractivity contribution in [2.24, 2.45) is 0 Å². The number of hydrogen-bond donors (Lipinski definition) is 1. The van der Waals surface area contributed by atoms with Crippen LogP contribution in [0.15, 0.2) is 30.5 Å². The monoisotopic (exact) mass is 310 g/mol. The predicted molar refractivity (Wildman–Crippen MR) is 81.9 cm³/mol. The van der Waals surface area contributed by atoms with Gasteiger partial charge in [0.15, 0.2) is 0 Å². The lowest BCUT2D eigenvalue weighted by atomic mass is 9.99. The van der Waals surface area contributed by atoms with Gasteiger partial charge in [-0.2, -0.15) is 15.4 Å². The molecule has 6 heteroatoms. The zero-order valence-corrected chi connectivity index (χ0v) is 12.7. The number of nitrogens with one attached hydrogen (secondary N) is 1. The lowest BCUT2D eigenvalue weighted by molar-refractivity contribution is 0.147. The molecule has 0 radical (unpaired) electrons. The van der Waals surface area contributed by atoms with Crippen LogP contribution in [0.3, 0.4) is 0 Å². The van der Waals surface area contributed by atoms with Crippen LogP contribution in [0.5, 0.6) is 0 Å². The molecule has 1 fully saturated rings. The first-order valence-corrected chi connectivity index (χ1v) is 7.17. The first-order valence-electron chi connectivity index (χ1n) is 7.17. The molecule has 0 bridgehead atoms. The van der Waals surface area contributed by atoms with Gasteiger partial charge in [-0.3, -0.25) is 4.90 Å². The van der Waals surface area contributed by atoms with Crippen molar-refractivity contribution < 1.29 is 4.39 Å². The van der Waals surface area contributed by atoms with Gasteiger partial charge in [0.1, 0.15) is 5.82 Å². The van der Waals surface area contributed by atoms with Gasteiger partial charge < -0.3 is 0 Å². The van der Waals surface area contributed by atoms with E-state index in [4.69, 9.17) is 0 Å². The maximum Gasteiger partial charge on any atom is 0.123 e. The Morgan fingerprint density at radius 2 is 2.05 bits per heavy atom. The largest absolute Gasteiger partial charge is 0.294 e. The minimum atomic E-state index is -0.174. The minimum absolute atomic E-state index is 0. The van der Waals surface area contributed by atoms with Gasteiger partial charge in [0.2, 0.25) is 0 Å². The van der Waals surface area contributed by atoms with Crippen molar-refractivity contribution in [2.75, 3.05) is 13.1 Å². The highest BCUT2D eigenvalue weighted by atomic mass is 35.5. The van der Waals surface area contributed by atoms with Crippen molar-refractivity contribution in [2.45, 2.75) is 31.7 Å². The molecule has 1 atom stereocenters. The Kier molecular flexibility index (Phi) is 5.70. The van der Waals surface area contributed by atoms with E-state index in [9.17, 15) is 4.39 Å². The number of piperidine rings is 1. The molecule has 21 heavy (non-hydrogen) atoms. The van der Waals surface area contributed by atoms with Crippen LogP contribution in [0.25, 0.3) is 0 Å². The average Bonchev–Trinajstić information content (AvgIpc) is 3.01. The fourth-order valence-electron chi connectivity index (χ4n) is 2.89. The van der Waals surface area contributed by atoms with Crippen LogP contribution in [-0.2, 0) is 6.42 Å². The number of nitrogens with zero attached hydrogens (tertiary/aromatic N) is 3. The zero-order chi connectivity index (χ0) is 13.8. The minimum Gasteiger partial charge on any atom is -0.294 e. The second-order valence-corrected chi connectivity index (χ2v) is 5.32. The summed E-state index contributed by atoms with van der Waals surface area (Å²) in [4.78, 5) is 2.46. The number of likely N-dealkylation sites (tertiary alicyclic amines) is 1. The standard InChI is InChI=1S/C15H19FN4.ClH/c16-13-6-4-12(5-7-13)8-10-20-9-2-1-3-15(20)14-11-17-19-18-14;/h4-7,11,15H,1-3,8-10H2,(H,17,18,19);1H. The summed E-state index contributed by atoms with van der Waals surface area (Å²) >= 11 is 0. The van der Waals surface area contributed by atoms with E-state index in [1.165, 1.54) is 30.5 Å². The molecule has 114 valence electrons. The highest BCUT2D eigenvalue weighted by Gasteiger charge is 2.25. The highest BCUT2D eigenvalue weighted by molar-refractivity contribution is 5.85. The number of rotatable bonds is 4. The van der Waals surface area contributed by atoms with Crippen LogP contribution in [0.2, 0.25) is 0 Å². The Morgan fingerprint density at radius 1 is 1.24 bits per heavy atom. The van der Waals surface area contributed by atoms with Crippen molar-refractivity contribution in [1.82, 2.24) is 20.3 Å². The Hall–Kier alpha value is -1.46. The molecule has 4 nitrogen and oxygen atoms in total. The topological polar surface area (TPSA) is 44.8 Å². The Morgan fingerprint density at radius 3 is 2.76 bits per heavy atom. The second kappa shape index (κ2) is 7.52. The van der Waals surface area contributed by atoms with Crippen molar-refractivity contribution in [3.63, 3.8) is 0 Å². The van der Waals surface area contributed by atoms with Gasteiger partial charge in [0.25, 0.3) is 0 Å². The number of benzene rings is 1. The van der Waals surface area contributed by atoms with Crippen LogP contribution in [0.1, 0.15) is 36.6 Å². The molecule has 0 amide bonds. The Labute approximate surface area is 130 Å². The summed E-state index contributed by atoms with van der Waals surface area (Å²) in [5, 5.41) is 10.8. The second-order valence-electron chi connectivity index (χ2n) is 5.32. The molecule has 1 N–H and O–H groups in total. The van der Waals surface area contributed by atoms with Crippen molar-refractivity contribution in [3.05, 3.63) is 47.5 Å². The molecule has 1 unspecified atom stereocenters. The summed E-state index contributed by atoms with van der Waals surface area (Å²) in [6.07, 6.45) is 6.37. The van der Waals surface area contributed by atoms with Crippen molar-refractivity contribution >= 4 is 12.4 Å². The first-order chi connectivity index (χ1) is 9.83. The van der Waals surface area contributed by atoms with Crippen LogP contribution in [0, 0.1) is 5.82 Å². The third-order valence-electron chi connectivity index (χ3n) is 3.99. The first kappa shape index (κ1) is 15.9. The van der Waals surface area contributed by atoms with Crippen LogP contribution in [0.4, 0.5) is 4.39 Å². The van der Waals surface area contributed by atoms with Gasteiger partial charge in [-0.25, -0.2) is 4.39 Å². The maximum absolute atomic E-state index is 12.9. The third kappa shape index (κ3) is 4.02. The number of H-pyrrole nitrogens is 1. The molecule has 1 saturated heterocycles. The van der Waals surface area contributed by atoms with Gasteiger partial charge in [-0.15, -0.1) is 12.4 Å². The molecule has 1 aromatic heterocycles. The molecule has 1 aliphatic heterocycles.